The summed E-state index contributed by atoms with van der Waals surface area (Å²) in [4.78, 5) is 0. The quantitative estimate of drug-likeness (QED) is 0.756. The summed E-state index contributed by atoms with van der Waals surface area (Å²) < 4.78 is 18.7. The lowest BCUT2D eigenvalue weighted by atomic mass is 9.83. The highest BCUT2D eigenvalue weighted by Gasteiger charge is 2.34. The van der Waals surface area contributed by atoms with Crippen LogP contribution in [-0.4, -0.2) is 19.1 Å². The molecular weight excluding hydrogens is 250 g/mol. The van der Waals surface area contributed by atoms with E-state index >= 15 is 0 Å². The molecular formula is C12H13Cl2FO. The van der Waals surface area contributed by atoms with Crippen LogP contribution in [0.15, 0.2) is 18.2 Å². The predicted octanol–water partition coefficient (Wildman–Crippen LogP) is 3.67. The first kappa shape index (κ1) is 12.2. The molecule has 1 atom stereocenters. The van der Waals surface area contributed by atoms with E-state index in [1.54, 1.807) is 6.07 Å². The third-order valence-electron chi connectivity index (χ3n) is 3.03. The standard InChI is InChI=1S/C12H13Cl2FO/c13-7-12(3-4-16-8-12)6-9-1-2-10(14)11(15)5-9/h1-2,5H,3-4,6-8H2. The number of alkyl halides is 1. The minimum atomic E-state index is -0.372. The Labute approximate surface area is 105 Å². The molecule has 0 aliphatic carbocycles. The molecule has 88 valence electrons. The zero-order valence-electron chi connectivity index (χ0n) is 8.81. The van der Waals surface area contributed by atoms with E-state index in [1.165, 1.54) is 6.07 Å². The molecule has 0 bridgehead atoms. The van der Waals surface area contributed by atoms with Crippen molar-refractivity contribution < 1.29 is 9.13 Å². The van der Waals surface area contributed by atoms with E-state index in [0.29, 0.717) is 12.5 Å². The topological polar surface area (TPSA) is 9.23 Å². The molecule has 0 N–H and O–H groups in total. The van der Waals surface area contributed by atoms with Crippen LogP contribution >= 0.6 is 23.2 Å². The largest absolute Gasteiger partial charge is 0.381 e. The predicted molar refractivity (Wildman–Crippen MR) is 63.7 cm³/mol. The van der Waals surface area contributed by atoms with Crippen LogP contribution < -0.4 is 0 Å². The van der Waals surface area contributed by atoms with Gasteiger partial charge in [0, 0.05) is 17.9 Å². The molecule has 1 unspecified atom stereocenters. The van der Waals surface area contributed by atoms with Crippen molar-refractivity contribution in [2.75, 3.05) is 19.1 Å². The highest BCUT2D eigenvalue weighted by molar-refractivity contribution is 6.30. The van der Waals surface area contributed by atoms with Crippen molar-refractivity contribution in [2.45, 2.75) is 12.8 Å². The normalized spacial score (nSPS) is 24.9. The lowest BCUT2D eigenvalue weighted by Gasteiger charge is -2.24. The highest BCUT2D eigenvalue weighted by atomic mass is 35.5. The summed E-state index contributed by atoms with van der Waals surface area (Å²) in [6.45, 7) is 1.39. The van der Waals surface area contributed by atoms with E-state index in [9.17, 15) is 4.39 Å². The Bertz CT molecular complexity index is 375. The van der Waals surface area contributed by atoms with E-state index in [-0.39, 0.29) is 16.3 Å². The van der Waals surface area contributed by atoms with E-state index in [2.05, 4.69) is 0 Å². The van der Waals surface area contributed by atoms with E-state index in [0.717, 1.165) is 25.0 Å². The molecule has 1 aliphatic heterocycles. The molecule has 1 saturated heterocycles. The van der Waals surface area contributed by atoms with Gasteiger partial charge in [-0.05, 0) is 30.5 Å². The van der Waals surface area contributed by atoms with Gasteiger partial charge in [-0.1, -0.05) is 17.7 Å². The number of ether oxygens (including phenoxy) is 1. The van der Waals surface area contributed by atoms with Crippen molar-refractivity contribution in [3.05, 3.63) is 34.6 Å². The second kappa shape index (κ2) is 4.91. The average molecular weight is 263 g/mol. The molecule has 0 amide bonds. The minimum Gasteiger partial charge on any atom is -0.381 e. The summed E-state index contributed by atoms with van der Waals surface area (Å²) in [6, 6.07) is 4.91. The van der Waals surface area contributed by atoms with Crippen molar-refractivity contribution in [2.24, 2.45) is 5.41 Å². The summed E-state index contributed by atoms with van der Waals surface area (Å²) in [5.74, 6) is 0.167. The van der Waals surface area contributed by atoms with Crippen LogP contribution in [0.5, 0.6) is 0 Å². The monoisotopic (exact) mass is 262 g/mol. The van der Waals surface area contributed by atoms with Crippen LogP contribution in [0, 0.1) is 11.2 Å². The molecule has 0 aromatic heterocycles. The molecule has 1 aliphatic rings. The number of benzene rings is 1. The van der Waals surface area contributed by atoms with Gasteiger partial charge in [-0.2, -0.15) is 0 Å². The van der Waals surface area contributed by atoms with Crippen molar-refractivity contribution >= 4 is 23.2 Å². The fourth-order valence-electron chi connectivity index (χ4n) is 2.02. The smallest absolute Gasteiger partial charge is 0.142 e. The van der Waals surface area contributed by atoms with Crippen molar-refractivity contribution in [3.63, 3.8) is 0 Å². The molecule has 2 rings (SSSR count). The Morgan fingerprint density at radius 2 is 2.25 bits per heavy atom. The molecule has 1 nitrogen and oxygen atoms in total. The zero-order chi connectivity index (χ0) is 11.6. The second-order valence-electron chi connectivity index (χ2n) is 4.36. The van der Waals surface area contributed by atoms with Gasteiger partial charge in [0.15, 0.2) is 0 Å². The second-order valence-corrected chi connectivity index (χ2v) is 5.04. The molecule has 1 aromatic rings. The molecule has 0 radical (unpaired) electrons. The van der Waals surface area contributed by atoms with Crippen molar-refractivity contribution in [3.8, 4) is 0 Å². The Morgan fingerprint density at radius 3 is 2.81 bits per heavy atom. The zero-order valence-corrected chi connectivity index (χ0v) is 10.3. The van der Waals surface area contributed by atoms with E-state index in [4.69, 9.17) is 27.9 Å². The first-order valence-corrected chi connectivity index (χ1v) is 6.14. The maximum Gasteiger partial charge on any atom is 0.142 e. The molecule has 4 heteroatoms. The molecule has 1 aromatic carbocycles. The number of halogens is 3. The summed E-state index contributed by atoms with van der Waals surface area (Å²) >= 11 is 11.6. The Balaban J connectivity index is 2.16. The SMILES string of the molecule is Fc1cc(CC2(CCl)CCOC2)ccc1Cl. The van der Waals surface area contributed by atoms with Gasteiger partial charge in [0.2, 0.25) is 0 Å². The van der Waals surface area contributed by atoms with Gasteiger partial charge >= 0.3 is 0 Å². The first-order chi connectivity index (χ1) is 7.65. The fourth-order valence-corrected chi connectivity index (χ4v) is 2.45. The van der Waals surface area contributed by atoms with Crippen LogP contribution in [0.2, 0.25) is 5.02 Å². The fraction of sp³-hybridized carbons (Fsp3) is 0.500. The Kier molecular flexibility index (Phi) is 3.73. The molecule has 0 spiro atoms. The number of rotatable bonds is 3. The van der Waals surface area contributed by atoms with Gasteiger partial charge in [-0.3, -0.25) is 0 Å². The van der Waals surface area contributed by atoms with Crippen LogP contribution in [0.1, 0.15) is 12.0 Å². The minimum absolute atomic E-state index is 0.0399. The Morgan fingerprint density at radius 1 is 1.44 bits per heavy atom. The molecule has 1 heterocycles. The summed E-state index contributed by atoms with van der Waals surface area (Å²) in [7, 11) is 0. The maximum atomic E-state index is 13.3. The summed E-state index contributed by atoms with van der Waals surface area (Å²) in [6.07, 6.45) is 1.67. The van der Waals surface area contributed by atoms with Gasteiger partial charge < -0.3 is 4.74 Å². The molecule has 16 heavy (non-hydrogen) atoms. The van der Waals surface area contributed by atoms with Gasteiger partial charge in [0.1, 0.15) is 5.82 Å². The molecule has 1 fully saturated rings. The summed E-state index contributed by atoms with van der Waals surface area (Å²) in [5.41, 5.74) is 0.884. The van der Waals surface area contributed by atoms with E-state index in [1.807, 2.05) is 6.07 Å². The van der Waals surface area contributed by atoms with Crippen molar-refractivity contribution in [1.29, 1.82) is 0 Å². The average Bonchev–Trinajstić information content (AvgIpc) is 2.73. The summed E-state index contributed by atoms with van der Waals surface area (Å²) in [5, 5.41) is 0.159. The van der Waals surface area contributed by atoms with Crippen LogP contribution in [0.3, 0.4) is 0 Å². The van der Waals surface area contributed by atoms with E-state index < -0.39 is 0 Å². The van der Waals surface area contributed by atoms with Gasteiger partial charge in [0.05, 0.1) is 11.6 Å². The van der Waals surface area contributed by atoms with Crippen LogP contribution in [0.4, 0.5) is 4.39 Å². The molecule has 0 saturated carbocycles. The lowest BCUT2D eigenvalue weighted by molar-refractivity contribution is 0.161. The number of hydrogen-bond donors (Lipinski definition) is 0. The van der Waals surface area contributed by atoms with Gasteiger partial charge in [-0.25, -0.2) is 4.39 Å². The first-order valence-electron chi connectivity index (χ1n) is 5.23. The number of hydrogen-bond acceptors (Lipinski definition) is 1. The van der Waals surface area contributed by atoms with Gasteiger partial charge in [-0.15, -0.1) is 11.6 Å². The Hall–Kier alpha value is -0.310. The third kappa shape index (κ3) is 2.50. The van der Waals surface area contributed by atoms with Crippen LogP contribution in [0.25, 0.3) is 0 Å². The lowest BCUT2D eigenvalue weighted by Crippen LogP contribution is -2.26. The van der Waals surface area contributed by atoms with Crippen molar-refractivity contribution in [1.82, 2.24) is 0 Å². The maximum absolute atomic E-state index is 13.3. The highest BCUT2D eigenvalue weighted by Crippen LogP contribution is 2.34. The van der Waals surface area contributed by atoms with Crippen LogP contribution in [-0.2, 0) is 11.2 Å². The van der Waals surface area contributed by atoms with Gasteiger partial charge in [0.25, 0.3) is 0 Å². The third-order valence-corrected chi connectivity index (χ3v) is 3.91.